The molecule has 5 rings (SSSR count). The fourth-order valence-electron chi connectivity index (χ4n) is 4.29. The SMILES string of the molecule is Cc1ccc(NC(=O)CSc2ccc(NC(=O)/C(=C/c3cccc4ccccc34)NC(=O)c3ccccc3)cc2)cc1. The van der Waals surface area contributed by atoms with E-state index in [4.69, 9.17) is 0 Å². The Morgan fingerprint density at radius 3 is 2.10 bits per heavy atom. The minimum Gasteiger partial charge on any atom is -0.325 e. The van der Waals surface area contributed by atoms with E-state index in [-0.39, 0.29) is 23.3 Å². The van der Waals surface area contributed by atoms with Gasteiger partial charge in [0.25, 0.3) is 11.8 Å². The monoisotopic (exact) mass is 571 g/mol. The highest BCUT2D eigenvalue weighted by atomic mass is 32.2. The van der Waals surface area contributed by atoms with E-state index >= 15 is 0 Å². The van der Waals surface area contributed by atoms with Gasteiger partial charge in [-0.05, 0) is 77.9 Å². The minimum absolute atomic E-state index is 0.0985. The van der Waals surface area contributed by atoms with E-state index in [0.717, 1.165) is 32.5 Å². The van der Waals surface area contributed by atoms with Gasteiger partial charge in [-0.3, -0.25) is 14.4 Å². The molecule has 0 atom stereocenters. The summed E-state index contributed by atoms with van der Waals surface area (Å²) in [6.07, 6.45) is 1.69. The van der Waals surface area contributed by atoms with Crippen LogP contribution in [-0.4, -0.2) is 23.5 Å². The molecule has 0 unspecified atom stereocenters. The lowest BCUT2D eigenvalue weighted by Crippen LogP contribution is -2.30. The molecule has 0 saturated heterocycles. The predicted molar refractivity (Wildman–Crippen MR) is 171 cm³/mol. The standard InChI is InChI=1S/C35H29N3O3S/c1-24-14-16-28(17-15-24)36-33(39)23-42-30-20-18-29(19-21-30)37-35(41)32(38-34(40)26-9-3-2-4-10-26)22-27-12-7-11-25-8-5-6-13-31(25)27/h2-22H,23H2,1H3,(H,36,39)(H,37,41)(H,38,40)/b32-22-. The Morgan fingerprint density at radius 2 is 1.33 bits per heavy atom. The fourth-order valence-corrected chi connectivity index (χ4v) is 4.99. The molecular weight excluding hydrogens is 542 g/mol. The number of rotatable bonds is 9. The number of benzene rings is 5. The third-order valence-corrected chi connectivity index (χ3v) is 7.48. The third-order valence-electron chi connectivity index (χ3n) is 6.47. The first kappa shape index (κ1) is 28.4. The maximum absolute atomic E-state index is 13.5. The van der Waals surface area contributed by atoms with E-state index in [1.54, 1.807) is 42.5 Å². The Balaban J connectivity index is 1.29. The molecule has 0 radical (unpaired) electrons. The first-order valence-corrected chi connectivity index (χ1v) is 14.4. The summed E-state index contributed by atoms with van der Waals surface area (Å²) < 4.78 is 0. The summed E-state index contributed by atoms with van der Waals surface area (Å²) in [6, 6.07) is 37.3. The molecule has 42 heavy (non-hydrogen) atoms. The molecule has 208 valence electrons. The molecule has 3 N–H and O–H groups in total. The van der Waals surface area contributed by atoms with Crippen molar-refractivity contribution in [1.29, 1.82) is 0 Å². The zero-order chi connectivity index (χ0) is 29.3. The van der Waals surface area contributed by atoms with Crippen molar-refractivity contribution in [2.24, 2.45) is 0 Å². The van der Waals surface area contributed by atoms with E-state index in [1.807, 2.05) is 91.9 Å². The van der Waals surface area contributed by atoms with Crippen molar-refractivity contribution in [3.8, 4) is 0 Å². The molecule has 0 heterocycles. The van der Waals surface area contributed by atoms with Crippen LogP contribution in [0.5, 0.6) is 0 Å². The maximum Gasteiger partial charge on any atom is 0.272 e. The smallest absolute Gasteiger partial charge is 0.272 e. The van der Waals surface area contributed by atoms with Gasteiger partial charge in [-0.1, -0.05) is 78.4 Å². The van der Waals surface area contributed by atoms with E-state index in [1.165, 1.54) is 11.8 Å². The number of carbonyl (C=O) groups is 3. The van der Waals surface area contributed by atoms with Gasteiger partial charge in [-0.2, -0.15) is 0 Å². The van der Waals surface area contributed by atoms with Gasteiger partial charge < -0.3 is 16.0 Å². The lowest BCUT2D eigenvalue weighted by atomic mass is 10.0. The number of nitrogens with one attached hydrogen (secondary N) is 3. The number of amides is 3. The van der Waals surface area contributed by atoms with Gasteiger partial charge in [0.05, 0.1) is 5.75 Å². The number of hydrogen-bond acceptors (Lipinski definition) is 4. The molecule has 0 aliphatic rings. The van der Waals surface area contributed by atoms with Gasteiger partial charge in [0.15, 0.2) is 0 Å². The molecule has 5 aromatic carbocycles. The highest BCUT2D eigenvalue weighted by Gasteiger charge is 2.16. The average molecular weight is 572 g/mol. The maximum atomic E-state index is 13.5. The summed E-state index contributed by atoms with van der Waals surface area (Å²) in [6.45, 7) is 2.00. The minimum atomic E-state index is -0.454. The van der Waals surface area contributed by atoms with Crippen LogP contribution in [-0.2, 0) is 9.59 Å². The second kappa shape index (κ2) is 13.5. The topological polar surface area (TPSA) is 87.3 Å². The molecule has 0 saturated carbocycles. The van der Waals surface area contributed by atoms with Gasteiger partial charge in [0.2, 0.25) is 5.91 Å². The molecule has 0 aliphatic heterocycles. The second-order valence-corrected chi connectivity index (χ2v) is 10.7. The zero-order valence-corrected chi connectivity index (χ0v) is 23.8. The zero-order valence-electron chi connectivity index (χ0n) is 23.0. The predicted octanol–water partition coefficient (Wildman–Crippen LogP) is 7.29. The van der Waals surface area contributed by atoms with Crippen molar-refractivity contribution in [2.75, 3.05) is 16.4 Å². The lowest BCUT2D eigenvalue weighted by molar-refractivity contribution is -0.114. The molecule has 7 heteroatoms. The van der Waals surface area contributed by atoms with Crippen LogP contribution in [0.15, 0.2) is 132 Å². The quantitative estimate of drug-likeness (QED) is 0.128. The van der Waals surface area contributed by atoms with E-state index in [2.05, 4.69) is 16.0 Å². The third kappa shape index (κ3) is 7.53. The van der Waals surface area contributed by atoms with E-state index in [9.17, 15) is 14.4 Å². The number of anilines is 2. The van der Waals surface area contributed by atoms with Crippen molar-refractivity contribution in [2.45, 2.75) is 11.8 Å². The highest BCUT2D eigenvalue weighted by Crippen LogP contribution is 2.23. The molecule has 0 aliphatic carbocycles. The summed E-state index contributed by atoms with van der Waals surface area (Å²) >= 11 is 1.40. The Labute approximate surface area is 248 Å². The van der Waals surface area contributed by atoms with Crippen LogP contribution in [0.25, 0.3) is 16.8 Å². The van der Waals surface area contributed by atoms with Gasteiger partial charge >= 0.3 is 0 Å². The fraction of sp³-hybridized carbons (Fsp3) is 0.0571. The Bertz CT molecular complexity index is 1740. The molecule has 5 aromatic rings. The van der Waals surface area contributed by atoms with Crippen molar-refractivity contribution in [1.82, 2.24) is 5.32 Å². The molecule has 6 nitrogen and oxygen atoms in total. The normalized spacial score (nSPS) is 11.1. The van der Waals surface area contributed by atoms with Crippen molar-refractivity contribution < 1.29 is 14.4 Å². The van der Waals surface area contributed by atoms with Crippen LogP contribution in [0.4, 0.5) is 11.4 Å². The summed E-state index contributed by atoms with van der Waals surface area (Å²) in [5.41, 5.74) is 3.82. The molecule has 0 aromatic heterocycles. The Hall–Kier alpha value is -5.14. The van der Waals surface area contributed by atoms with Crippen LogP contribution in [0.2, 0.25) is 0 Å². The van der Waals surface area contributed by atoms with Crippen molar-refractivity contribution in [3.05, 3.63) is 144 Å². The van der Waals surface area contributed by atoms with Crippen LogP contribution in [0.1, 0.15) is 21.5 Å². The first-order valence-electron chi connectivity index (χ1n) is 13.4. The largest absolute Gasteiger partial charge is 0.325 e. The lowest BCUT2D eigenvalue weighted by Gasteiger charge is -2.12. The molecule has 0 bridgehead atoms. The first-order chi connectivity index (χ1) is 20.4. The molecule has 0 fully saturated rings. The molecule has 3 amide bonds. The molecule has 0 spiro atoms. The Kier molecular flexibility index (Phi) is 9.11. The number of fused-ring (bicyclic) bond motifs is 1. The number of carbonyl (C=O) groups excluding carboxylic acids is 3. The molecular formula is C35H29N3O3S. The second-order valence-electron chi connectivity index (χ2n) is 9.63. The van der Waals surface area contributed by atoms with Gasteiger partial charge in [-0.15, -0.1) is 11.8 Å². The van der Waals surface area contributed by atoms with Gasteiger partial charge in [0, 0.05) is 21.8 Å². The van der Waals surface area contributed by atoms with Gasteiger partial charge in [0.1, 0.15) is 5.70 Å². The van der Waals surface area contributed by atoms with Crippen molar-refractivity contribution in [3.63, 3.8) is 0 Å². The van der Waals surface area contributed by atoms with Crippen LogP contribution >= 0.6 is 11.8 Å². The van der Waals surface area contributed by atoms with Crippen LogP contribution < -0.4 is 16.0 Å². The van der Waals surface area contributed by atoms with Gasteiger partial charge in [-0.25, -0.2) is 0 Å². The average Bonchev–Trinajstić information content (AvgIpc) is 3.02. The Morgan fingerprint density at radius 1 is 0.690 bits per heavy atom. The number of aryl methyl sites for hydroxylation is 1. The highest BCUT2D eigenvalue weighted by molar-refractivity contribution is 8.00. The summed E-state index contributed by atoms with van der Waals surface area (Å²) in [5, 5.41) is 10.6. The number of hydrogen-bond donors (Lipinski definition) is 3. The summed E-state index contributed by atoms with van der Waals surface area (Å²) in [7, 11) is 0. The summed E-state index contributed by atoms with van der Waals surface area (Å²) in [4.78, 5) is 39.7. The number of thioether (sulfide) groups is 1. The summed E-state index contributed by atoms with van der Waals surface area (Å²) in [5.74, 6) is -0.681. The van der Waals surface area contributed by atoms with E-state index < -0.39 is 5.91 Å². The van der Waals surface area contributed by atoms with Crippen LogP contribution in [0, 0.1) is 6.92 Å². The van der Waals surface area contributed by atoms with E-state index in [0.29, 0.717) is 11.3 Å². The van der Waals surface area contributed by atoms with Crippen LogP contribution in [0.3, 0.4) is 0 Å². The van der Waals surface area contributed by atoms with Crippen molar-refractivity contribution >= 4 is 57.7 Å².